The standard InChI is InChI=1S/C21H30N2O5.C3H3NS/c1-20(2,3)27-18(24)22-11-10-14-13-23-17-9-7-8-15(12-16(14)17)26-19(25)28-21(4,5)6;1-2-5-3-4-1/h7,9,12-13,23H,8,10-11H2,1-6H3,(H,22,24);1-3H. The number of ether oxygens (including phenoxy) is 3. The zero-order chi connectivity index (χ0) is 24.5. The molecular formula is C24H33N3O5S. The number of hydrogen-bond acceptors (Lipinski definition) is 7. The Hall–Kier alpha value is -3.07. The Bertz CT molecular complexity index is 946. The zero-order valence-corrected chi connectivity index (χ0v) is 20.9. The van der Waals surface area contributed by atoms with Gasteiger partial charge in [-0.3, -0.25) is 4.98 Å². The van der Waals surface area contributed by atoms with Crippen LogP contribution in [0.2, 0.25) is 0 Å². The number of aromatic amines is 1. The first-order valence-electron chi connectivity index (χ1n) is 10.7. The highest BCUT2D eigenvalue weighted by molar-refractivity contribution is 7.07. The summed E-state index contributed by atoms with van der Waals surface area (Å²) in [7, 11) is 0. The van der Waals surface area contributed by atoms with Crippen LogP contribution in [0, 0.1) is 0 Å². The number of nitrogens with zero attached hydrogens (tertiary/aromatic N) is 1. The van der Waals surface area contributed by atoms with E-state index < -0.39 is 23.5 Å². The maximum absolute atomic E-state index is 12.0. The van der Waals surface area contributed by atoms with Crippen molar-refractivity contribution in [2.75, 3.05) is 6.54 Å². The van der Waals surface area contributed by atoms with Gasteiger partial charge < -0.3 is 24.5 Å². The molecule has 9 heteroatoms. The lowest BCUT2D eigenvalue weighted by molar-refractivity contribution is 0.00626. The molecule has 0 saturated carbocycles. The Morgan fingerprint density at radius 2 is 1.88 bits per heavy atom. The van der Waals surface area contributed by atoms with Gasteiger partial charge in [-0.2, -0.15) is 0 Å². The van der Waals surface area contributed by atoms with Gasteiger partial charge in [-0.1, -0.05) is 6.08 Å². The molecule has 0 aliphatic heterocycles. The van der Waals surface area contributed by atoms with E-state index in [4.69, 9.17) is 14.2 Å². The van der Waals surface area contributed by atoms with Gasteiger partial charge in [0.1, 0.15) is 17.0 Å². The highest BCUT2D eigenvalue weighted by Gasteiger charge is 2.20. The fourth-order valence-corrected chi connectivity index (χ4v) is 3.11. The molecule has 1 aliphatic carbocycles. The summed E-state index contributed by atoms with van der Waals surface area (Å²) in [6, 6.07) is 0. The molecule has 0 radical (unpaired) electrons. The molecule has 0 fully saturated rings. The molecule has 0 aromatic carbocycles. The molecule has 8 nitrogen and oxygen atoms in total. The maximum atomic E-state index is 12.0. The van der Waals surface area contributed by atoms with E-state index in [0.29, 0.717) is 25.1 Å². The minimum Gasteiger partial charge on any atom is -0.444 e. The summed E-state index contributed by atoms with van der Waals surface area (Å²) < 4.78 is 15.8. The summed E-state index contributed by atoms with van der Waals surface area (Å²) in [5.41, 5.74) is 3.50. The second-order valence-electron chi connectivity index (χ2n) is 9.28. The predicted molar refractivity (Wildman–Crippen MR) is 130 cm³/mol. The lowest BCUT2D eigenvalue weighted by Crippen LogP contribution is -2.33. The summed E-state index contributed by atoms with van der Waals surface area (Å²) in [5.74, 6) is 0.505. The molecule has 2 aromatic rings. The Kier molecular flexibility index (Phi) is 9.28. The lowest BCUT2D eigenvalue weighted by Gasteiger charge is -2.19. The number of allylic oxidation sites excluding steroid dienone is 1. The van der Waals surface area contributed by atoms with Crippen LogP contribution in [0.3, 0.4) is 0 Å². The average molecular weight is 476 g/mol. The zero-order valence-electron chi connectivity index (χ0n) is 20.1. The third kappa shape index (κ3) is 10.4. The first kappa shape index (κ1) is 26.2. The Balaban J connectivity index is 0.000000678. The summed E-state index contributed by atoms with van der Waals surface area (Å²) in [4.78, 5) is 30.7. The van der Waals surface area contributed by atoms with Crippen LogP contribution in [0.4, 0.5) is 9.59 Å². The Morgan fingerprint density at radius 3 is 2.45 bits per heavy atom. The SMILES string of the molecule is CC(C)(C)OC(=O)NCCc1c[nH]c2c1C=C(OC(=O)OC(C)(C)C)CC=C2.c1cscn1. The predicted octanol–water partition coefficient (Wildman–Crippen LogP) is 5.93. The van der Waals surface area contributed by atoms with E-state index in [1.165, 1.54) is 0 Å². The van der Waals surface area contributed by atoms with Gasteiger partial charge >= 0.3 is 12.2 Å². The monoisotopic (exact) mass is 475 g/mol. The molecule has 2 heterocycles. The number of nitrogens with one attached hydrogen (secondary N) is 2. The normalized spacial score (nSPS) is 13.0. The quantitative estimate of drug-likeness (QED) is 0.531. The van der Waals surface area contributed by atoms with E-state index in [1.54, 1.807) is 43.8 Å². The highest BCUT2D eigenvalue weighted by Crippen LogP contribution is 2.25. The molecule has 2 N–H and O–H groups in total. The smallest absolute Gasteiger partial charge is 0.444 e. The molecule has 180 valence electrons. The van der Waals surface area contributed by atoms with Gasteiger partial charge in [0.2, 0.25) is 0 Å². The molecule has 0 unspecified atom stereocenters. The molecule has 3 rings (SSSR count). The molecule has 0 spiro atoms. The number of rotatable bonds is 4. The molecule has 1 aliphatic rings. The number of H-pyrrole nitrogens is 1. The lowest BCUT2D eigenvalue weighted by atomic mass is 10.1. The van der Waals surface area contributed by atoms with E-state index in [0.717, 1.165) is 16.8 Å². The number of fused-ring (bicyclic) bond motifs is 1. The minimum absolute atomic E-state index is 0.430. The van der Waals surface area contributed by atoms with E-state index in [9.17, 15) is 9.59 Å². The molecule has 2 aromatic heterocycles. The van der Waals surface area contributed by atoms with Crippen LogP contribution in [0.5, 0.6) is 0 Å². The first-order chi connectivity index (χ1) is 15.4. The van der Waals surface area contributed by atoms with Crippen LogP contribution in [0.1, 0.15) is 64.8 Å². The summed E-state index contributed by atoms with van der Waals surface area (Å²) in [6.07, 6.45) is 9.27. The number of carbonyl (C=O) groups is 2. The van der Waals surface area contributed by atoms with Crippen molar-refractivity contribution < 1.29 is 23.8 Å². The molecular weight excluding hydrogens is 442 g/mol. The number of aromatic nitrogens is 2. The largest absolute Gasteiger partial charge is 0.514 e. The van der Waals surface area contributed by atoms with Gasteiger partial charge in [0.05, 0.1) is 5.51 Å². The highest BCUT2D eigenvalue weighted by atomic mass is 32.1. The summed E-state index contributed by atoms with van der Waals surface area (Å²) in [6.45, 7) is 11.3. The van der Waals surface area contributed by atoms with Crippen LogP contribution in [-0.4, -0.2) is 40.0 Å². The first-order valence-corrected chi connectivity index (χ1v) is 11.6. The molecule has 0 bridgehead atoms. The van der Waals surface area contributed by atoms with Crippen LogP contribution < -0.4 is 5.32 Å². The van der Waals surface area contributed by atoms with Crippen molar-refractivity contribution in [3.05, 3.63) is 51.9 Å². The second kappa shape index (κ2) is 11.7. The summed E-state index contributed by atoms with van der Waals surface area (Å²) >= 11 is 1.60. The number of carbonyl (C=O) groups excluding carboxylic acids is 2. The van der Waals surface area contributed by atoms with Crippen molar-refractivity contribution in [2.45, 2.75) is 65.6 Å². The van der Waals surface area contributed by atoms with Crippen LogP contribution in [-0.2, 0) is 20.6 Å². The third-order valence-electron chi connectivity index (χ3n) is 3.96. The number of alkyl carbamates (subject to hydrolysis) is 1. The van der Waals surface area contributed by atoms with E-state index in [2.05, 4.69) is 15.3 Å². The van der Waals surface area contributed by atoms with Crippen LogP contribution >= 0.6 is 11.3 Å². The van der Waals surface area contributed by atoms with Gasteiger partial charge in [-0.15, -0.1) is 11.3 Å². The van der Waals surface area contributed by atoms with Gasteiger partial charge in [-0.05, 0) is 65.7 Å². The fourth-order valence-electron chi connectivity index (χ4n) is 2.76. The van der Waals surface area contributed by atoms with Gasteiger partial charge in [0.15, 0.2) is 0 Å². The second-order valence-corrected chi connectivity index (χ2v) is 10.0. The maximum Gasteiger partial charge on any atom is 0.514 e. The van der Waals surface area contributed by atoms with Crippen molar-refractivity contribution in [1.29, 1.82) is 0 Å². The fraction of sp³-hybridized carbons (Fsp3) is 0.458. The van der Waals surface area contributed by atoms with Crippen molar-refractivity contribution in [1.82, 2.24) is 15.3 Å². The van der Waals surface area contributed by atoms with E-state index in [1.807, 2.05) is 50.6 Å². The van der Waals surface area contributed by atoms with E-state index in [-0.39, 0.29) is 0 Å². The number of amides is 1. The van der Waals surface area contributed by atoms with Crippen LogP contribution in [0.25, 0.3) is 12.2 Å². The average Bonchev–Trinajstić information content (AvgIpc) is 3.30. The minimum atomic E-state index is -0.723. The Morgan fingerprint density at radius 1 is 1.15 bits per heavy atom. The number of thiazole rings is 1. The molecule has 0 saturated heterocycles. The number of hydrogen-bond donors (Lipinski definition) is 2. The third-order valence-corrected chi connectivity index (χ3v) is 4.48. The Labute approximate surface area is 199 Å². The molecule has 0 atom stereocenters. The molecule has 1 amide bonds. The van der Waals surface area contributed by atoms with Gasteiger partial charge in [0, 0.05) is 42.0 Å². The van der Waals surface area contributed by atoms with Crippen LogP contribution in [0.15, 0.2) is 35.1 Å². The van der Waals surface area contributed by atoms with Gasteiger partial charge in [-0.25, -0.2) is 9.59 Å². The van der Waals surface area contributed by atoms with Crippen molar-refractivity contribution in [2.24, 2.45) is 0 Å². The van der Waals surface area contributed by atoms with Crippen molar-refractivity contribution >= 4 is 35.7 Å². The molecule has 33 heavy (non-hydrogen) atoms. The van der Waals surface area contributed by atoms with Crippen molar-refractivity contribution in [3.63, 3.8) is 0 Å². The van der Waals surface area contributed by atoms with E-state index >= 15 is 0 Å². The van der Waals surface area contributed by atoms with Gasteiger partial charge in [0.25, 0.3) is 0 Å². The summed E-state index contributed by atoms with van der Waals surface area (Å²) in [5, 5.41) is 4.68. The van der Waals surface area contributed by atoms with Crippen molar-refractivity contribution in [3.8, 4) is 0 Å². The topological polar surface area (TPSA) is 103 Å².